The normalized spacial score (nSPS) is 11.6. The second kappa shape index (κ2) is 4.48. The summed E-state index contributed by atoms with van der Waals surface area (Å²) in [5, 5.41) is 11.5. The zero-order valence-corrected chi connectivity index (χ0v) is 8.59. The predicted molar refractivity (Wildman–Crippen MR) is 60.3 cm³/mol. The summed E-state index contributed by atoms with van der Waals surface area (Å²) in [6.45, 7) is 0. The van der Waals surface area contributed by atoms with Gasteiger partial charge in [-0.2, -0.15) is 0 Å². The van der Waals surface area contributed by atoms with E-state index in [-0.39, 0.29) is 5.84 Å². The molecule has 1 aromatic carbocycles. The lowest BCUT2D eigenvalue weighted by molar-refractivity contribution is 0.318. The van der Waals surface area contributed by atoms with Gasteiger partial charge in [-0.15, -0.1) is 0 Å². The van der Waals surface area contributed by atoms with Crippen LogP contribution in [0.2, 0.25) is 0 Å². The lowest BCUT2D eigenvalue weighted by atomic mass is 10.1. The van der Waals surface area contributed by atoms with Crippen molar-refractivity contribution >= 4 is 5.84 Å². The molecule has 0 atom stereocenters. The molecule has 0 spiro atoms. The molecular formula is C11H12N4O. The summed E-state index contributed by atoms with van der Waals surface area (Å²) in [5.41, 5.74) is 8.36. The summed E-state index contributed by atoms with van der Waals surface area (Å²) in [6, 6.07) is 7.52. The Morgan fingerprint density at radius 1 is 1.38 bits per heavy atom. The fourth-order valence-electron chi connectivity index (χ4n) is 1.45. The molecule has 0 aliphatic heterocycles. The lowest BCUT2D eigenvalue weighted by Gasteiger charge is -2.01. The van der Waals surface area contributed by atoms with Crippen LogP contribution in [0.1, 0.15) is 16.8 Å². The fraction of sp³-hybridized carbons (Fsp3) is 0.0909. The number of nitrogens with one attached hydrogen (secondary N) is 1. The van der Waals surface area contributed by atoms with E-state index in [4.69, 9.17) is 10.9 Å². The van der Waals surface area contributed by atoms with E-state index in [2.05, 4.69) is 15.1 Å². The number of hydrogen-bond acceptors (Lipinski definition) is 3. The highest BCUT2D eigenvalue weighted by molar-refractivity contribution is 5.96. The van der Waals surface area contributed by atoms with Gasteiger partial charge in [-0.1, -0.05) is 29.4 Å². The number of rotatable bonds is 3. The van der Waals surface area contributed by atoms with Gasteiger partial charge in [0.05, 0.1) is 6.33 Å². The number of nitrogens with zero attached hydrogens (tertiary/aromatic N) is 2. The van der Waals surface area contributed by atoms with Gasteiger partial charge in [0.1, 0.15) is 0 Å². The van der Waals surface area contributed by atoms with Gasteiger partial charge < -0.3 is 15.9 Å². The summed E-state index contributed by atoms with van der Waals surface area (Å²) in [4.78, 5) is 6.98. The van der Waals surface area contributed by atoms with Gasteiger partial charge in [-0.3, -0.25) is 0 Å². The number of aromatic amines is 1. The van der Waals surface area contributed by atoms with Crippen LogP contribution in [0.4, 0.5) is 0 Å². The van der Waals surface area contributed by atoms with Crippen LogP contribution in [-0.4, -0.2) is 21.0 Å². The van der Waals surface area contributed by atoms with Crippen molar-refractivity contribution in [3.8, 4) is 0 Å². The number of H-pyrrole nitrogens is 1. The van der Waals surface area contributed by atoms with E-state index in [1.54, 1.807) is 12.5 Å². The zero-order chi connectivity index (χ0) is 11.4. The number of hydrogen-bond donors (Lipinski definition) is 3. The van der Waals surface area contributed by atoms with E-state index >= 15 is 0 Å². The first-order valence-electron chi connectivity index (χ1n) is 4.83. The zero-order valence-electron chi connectivity index (χ0n) is 8.59. The molecule has 0 aliphatic carbocycles. The summed E-state index contributed by atoms with van der Waals surface area (Å²) in [5.74, 6) is 0.119. The fourth-order valence-corrected chi connectivity index (χ4v) is 1.45. The molecule has 2 rings (SSSR count). The van der Waals surface area contributed by atoms with Gasteiger partial charge in [0.15, 0.2) is 5.84 Å². The number of imidazole rings is 1. The van der Waals surface area contributed by atoms with Crippen molar-refractivity contribution in [2.24, 2.45) is 10.9 Å². The molecule has 16 heavy (non-hydrogen) atoms. The Hall–Kier alpha value is -2.30. The minimum Gasteiger partial charge on any atom is -0.409 e. The van der Waals surface area contributed by atoms with Gasteiger partial charge >= 0.3 is 0 Å². The molecule has 0 aliphatic rings. The Morgan fingerprint density at radius 3 is 2.69 bits per heavy atom. The second-order valence-electron chi connectivity index (χ2n) is 3.44. The van der Waals surface area contributed by atoms with E-state index < -0.39 is 0 Å². The Labute approximate surface area is 92.6 Å². The molecule has 0 unspecified atom stereocenters. The predicted octanol–water partition coefficient (Wildman–Crippen LogP) is 1.10. The van der Waals surface area contributed by atoms with Gasteiger partial charge in [0.2, 0.25) is 0 Å². The van der Waals surface area contributed by atoms with Crippen LogP contribution in [0.15, 0.2) is 41.9 Å². The smallest absolute Gasteiger partial charge is 0.170 e. The quantitative estimate of drug-likeness (QED) is 0.310. The SMILES string of the molecule is NC(=NO)c1ccc(Cc2cnc[nH]2)cc1. The number of amidine groups is 1. The van der Waals surface area contributed by atoms with E-state index in [1.807, 2.05) is 24.3 Å². The van der Waals surface area contributed by atoms with E-state index in [0.29, 0.717) is 5.56 Å². The minimum absolute atomic E-state index is 0.119. The maximum atomic E-state index is 8.51. The average molecular weight is 216 g/mol. The van der Waals surface area contributed by atoms with Crippen LogP contribution in [-0.2, 0) is 6.42 Å². The van der Waals surface area contributed by atoms with E-state index in [9.17, 15) is 0 Å². The molecule has 4 N–H and O–H groups in total. The Kier molecular flexibility index (Phi) is 2.86. The van der Waals surface area contributed by atoms with Crippen LogP contribution in [0.5, 0.6) is 0 Å². The van der Waals surface area contributed by atoms with Crippen LogP contribution >= 0.6 is 0 Å². The number of oxime groups is 1. The van der Waals surface area contributed by atoms with Gasteiger partial charge in [0.25, 0.3) is 0 Å². The largest absolute Gasteiger partial charge is 0.409 e. The van der Waals surface area contributed by atoms with Crippen molar-refractivity contribution in [2.45, 2.75) is 6.42 Å². The van der Waals surface area contributed by atoms with E-state index in [0.717, 1.165) is 17.7 Å². The summed E-state index contributed by atoms with van der Waals surface area (Å²) in [7, 11) is 0. The maximum absolute atomic E-state index is 8.51. The van der Waals surface area contributed by atoms with Crippen LogP contribution in [0, 0.1) is 0 Å². The summed E-state index contributed by atoms with van der Waals surface area (Å²) >= 11 is 0. The molecule has 0 radical (unpaired) electrons. The third-order valence-corrected chi connectivity index (χ3v) is 2.31. The third-order valence-electron chi connectivity index (χ3n) is 2.31. The molecular weight excluding hydrogens is 204 g/mol. The monoisotopic (exact) mass is 216 g/mol. The molecule has 82 valence electrons. The Bertz CT molecular complexity index is 473. The minimum atomic E-state index is 0.119. The standard InChI is InChI=1S/C11H12N4O/c12-11(15-16)9-3-1-8(2-4-9)5-10-6-13-7-14-10/h1-4,6-7,16H,5H2,(H2,12,15)(H,13,14). The van der Waals surface area contributed by atoms with Crippen molar-refractivity contribution < 1.29 is 5.21 Å². The summed E-state index contributed by atoms with van der Waals surface area (Å²) in [6.07, 6.45) is 4.23. The average Bonchev–Trinajstić information content (AvgIpc) is 2.82. The van der Waals surface area contributed by atoms with Gasteiger partial charge in [0, 0.05) is 23.9 Å². The van der Waals surface area contributed by atoms with Crippen molar-refractivity contribution in [3.63, 3.8) is 0 Å². The molecule has 0 fully saturated rings. The second-order valence-corrected chi connectivity index (χ2v) is 3.44. The van der Waals surface area contributed by atoms with Crippen LogP contribution < -0.4 is 5.73 Å². The topological polar surface area (TPSA) is 87.3 Å². The Balaban J connectivity index is 2.14. The van der Waals surface area contributed by atoms with Crippen molar-refractivity contribution in [1.82, 2.24) is 9.97 Å². The molecule has 5 heteroatoms. The first kappa shape index (κ1) is 10.2. The van der Waals surface area contributed by atoms with Crippen molar-refractivity contribution in [3.05, 3.63) is 53.6 Å². The van der Waals surface area contributed by atoms with Gasteiger partial charge in [-0.25, -0.2) is 4.98 Å². The first-order valence-corrected chi connectivity index (χ1v) is 4.83. The molecule has 2 aromatic rings. The molecule has 1 aromatic heterocycles. The highest BCUT2D eigenvalue weighted by Crippen LogP contribution is 2.08. The maximum Gasteiger partial charge on any atom is 0.170 e. The molecule has 0 saturated carbocycles. The third kappa shape index (κ3) is 2.20. The number of benzene rings is 1. The molecule has 0 bridgehead atoms. The van der Waals surface area contributed by atoms with Crippen LogP contribution in [0.3, 0.4) is 0 Å². The molecule has 1 heterocycles. The van der Waals surface area contributed by atoms with Crippen molar-refractivity contribution in [1.29, 1.82) is 0 Å². The summed E-state index contributed by atoms with van der Waals surface area (Å²) < 4.78 is 0. The molecule has 0 saturated heterocycles. The van der Waals surface area contributed by atoms with Crippen molar-refractivity contribution in [2.75, 3.05) is 0 Å². The highest BCUT2D eigenvalue weighted by Gasteiger charge is 2.00. The van der Waals surface area contributed by atoms with Gasteiger partial charge in [-0.05, 0) is 5.56 Å². The van der Waals surface area contributed by atoms with E-state index in [1.165, 1.54) is 0 Å². The number of nitrogens with two attached hydrogens (primary N) is 1. The first-order chi connectivity index (χ1) is 7.79. The Morgan fingerprint density at radius 2 is 2.12 bits per heavy atom. The lowest BCUT2D eigenvalue weighted by Crippen LogP contribution is -2.12. The number of aromatic nitrogens is 2. The van der Waals surface area contributed by atoms with Crippen LogP contribution in [0.25, 0.3) is 0 Å². The molecule has 5 nitrogen and oxygen atoms in total. The highest BCUT2D eigenvalue weighted by atomic mass is 16.4. The molecule has 0 amide bonds.